The van der Waals surface area contributed by atoms with Crippen LogP contribution in [0.4, 0.5) is 13.2 Å². The van der Waals surface area contributed by atoms with Crippen molar-refractivity contribution in [2.45, 2.75) is 31.2 Å². The van der Waals surface area contributed by atoms with E-state index in [4.69, 9.17) is 0 Å². The van der Waals surface area contributed by atoms with Gasteiger partial charge < -0.3 is 20.3 Å². The first kappa shape index (κ1) is 19.0. The van der Waals surface area contributed by atoms with Gasteiger partial charge >= 0.3 is 6.18 Å². The van der Waals surface area contributed by atoms with Crippen LogP contribution in [0.5, 0.6) is 0 Å². The van der Waals surface area contributed by atoms with Crippen molar-refractivity contribution >= 4 is 29.9 Å². The number of aliphatic hydroxyl groups is 1. The monoisotopic (exact) mass is 433 g/mol. The second kappa shape index (κ2) is 7.02. The maximum absolute atomic E-state index is 13.2. The SMILES string of the molecule is CC1CN=C(NCCC(O)(c2nccn2C)C(F)(F)F)N1.I. The summed E-state index contributed by atoms with van der Waals surface area (Å²) in [7, 11) is 1.41. The molecule has 2 unspecified atom stereocenters. The molecule has 0 saturated carbocycles. The Labute approximate surface area is 143 Å². The van der Waals surface area contributed by atoms with Gasteiger partial charge in [-0.05, 0) is 6.92 Å². The number of rotatable bonds is 4. The molecule has 126 valence electrons. The molecule has 22 heavy (non-hydrogen) atoms. The zero-order valence-corrected chi connectivity index (χ0v) is 14.5. The highest BCUT2D eigenvalue weighted by Crippen LogP contribution is 2.40. The summed E-state index contributed by atoms with van der Waals surface area (Å²) < 4.78 is 40.9. The Morgan fingerprint density at radius 1 is 1.50 bits per heavy atom. The average molecular weight is 433 g/mol. The van der Waals surface area contributed by atoms with Gasteiger partial charge in [-0.15, -0.1) is 24.0 Å². The third kappa shape index (κ3) is 3.83. The Kier molecular flexibility index (Phi) is 6.07. The van der Waals surface area contributed by atoms with E-state index in [-0.39, 0.29) is 36.6 Å². The molecule has 2 rings (SSSR count). The lowest BCUT2D eigenvalue weighted by molar-refractivity contribution is -0.272. The van der Waals surface area contributed by atoms with Gasteiger partial charge in [-0.25, -0.2) is 4.98 Å². The van der Waals surface area contributed by atoms with Crippen molar-refractivity contribution in [1.82, 2.24) is 20.2 Å². The fourth-order valence-electron chi connectivity index (χ4n) is 2.17. The van der Waals surface area contributed by atoms with E-state index >= 15 is 0 Å². The summed E-state index contributed by atoms with van der Waals surface area (Å²) in [5.41, 5.74) is -3.00. The Morgan fingerprint density at radius 2 is 2.18 bits per heavy atom. The van der Waals surface area contributed by atoms with Crippen LogP contribution >= 0.6 is 24.0 Å². The van der Waals surface area contributed by atoms with Crippen LogP contribution in [-0.2, 0) is 12.6 Å². The van der Waals surface area contributed by atoms with E-state index in [1.54, 1.807) is 0 Å². The molecule has 1 aliphatic heterocycles. The van der Waals surface area contributed by atoms with Crippen LogP contribution in [0.1, 0.15) is 19.2 Å². The molecule has 2 heterocycles. The number of alkyl halides is 3. The molecule has 0 fully saturated rings. The van der Waals surface area contributed by atoms with Gasteiger partial charge in [0.15, 0.2) is 5.96 Å². The van der Waals surface area contributed by atoms with Gasteiger partial charge in [0.1, 0.15) is 5.82 Å². The van der Waals surface area contributed by atoms with E-state index in [2.05, 4.69) is 20.6 Å². The molecule has 1 aliphatic rings. The molecule has 1 aromatic heterocycles. The third-order valence-electron chi connectivity index (χ3n) is 3.35. The van der Waals surface area contributed by atoms with Gasteiger partial charge in [0, 0.05) is 38.4 Å². The van der Waals surface area contributed by atoms with Crippen molar-refractivity contribution in [2.24, 2.45) is 12.0 Å². The predicted molar refractivity (Wildman–Crippen MR) is 86.1 cm³/mol. The molecule has 6 nitrogen and oxygen atoms in total. The van der Waals surface area contributed by atoms with E-state index in [0.29, 0.717) is 12.5 Å². The Hall–Kier alpha value is -1.04. The van der Waals surface area contributed by atoms with E-state index in [1.165, 1.54) is 24.0 Å². The summed E-state index contributed by atoms with van der Waals surface area (Å²) in [6.07, 6.45) is -2.78. The summed E-state index contributed by atoms with van der Waals surface area (Å²) in [5.74, 6) is 0.0263. The molecule has 0 radical (unpaired) electrons. The fourth-order valence-corrected chi connectivity index (χ4v) is 2.17. The Morgan fingerprint density at radius 3 is 2.64 bits per heavy atom. The molecular formula is C12H19F3IN5O. The summed E-state index contributed by atoms with van der Waals surface area (Å²) in [5, 5.41) is 15.8. The van der Waals surface area contributed by atoms with Crippen LogP contribution in [0.25, 0.3) is 0 Å². The van der Waals surface area contributed by atoms with Gasteiger partial charge in [-0.1, -0.05) is 0 Å². The van der Waals surface area contributed by atoms with Crippen LogP contribution in [0, 0.1) is 0 Å². The van der Waals surface area contributed by atoms with Crippen molar-refractivity contribution < 1.29 is 18.3 Å². The largest absolute Gasteiger partial charge is 0.424 e. The molecule has 0 aromatic carbocycles. The zero-order valence-electron chi connectivity index (χ0n) is 12.2. The second-order valence-electron chi connectivity index (χ2n) is 5.13. The number of aryl methyl sites for hydroxylation is 1. The molecule has 3 N–H and O–H groups in total. The standard InChI is InChI=1S/C12H18F3N5O.HI/c1-8-7-18-10(19-8)17-4-3-11(21,12(13,14)15)9-16-5-6-20(9)2;/h5-6,8,21H,3-4,7H2,1-2H3,(H2,17,18,19);1H. The molecule has 0 aliphatic carbocycles. The van der Waals surface area contributed by atoms with Crippen LogP contribution in [-0.4, -0.2) is 45.9 Å². The van der Waals surface area contributed by atoms with Crippen LogP contribution in [0.2, 0.25) is 0 Å². The summed E-state index contributed by atoms with van der Waals surface area (Å²) in [6, 6.07) is 0.156. The maximum Gasteiger partial charge on any atom is 0.424 e. The van der Waals surface area contributed by atoms with E-state index in [1.807, 2.05) is 6.92 Å². The number of hydrogen-bond acceptors (Lipinski definition) is 5. The number of guanidine groups is 1. The summed E-state index contributed by atoms with van der Waals surface area (Å²) in [6.45, 7) is 2.41. The van der Waals surface area contributed by atoms with Crippen molar-refractivity contribution in [3.05, 3.63) is 18.2 Å². The highest BCUT2D eigenvalue weighted by Gasteiger charge is 2.57. The smallest absolute Gasteiger partial charge is 0.374 e. The number of imidazole rings is 1. The van der Waals surface area contributed by atoms with E-state index in [9.17, 15) is 18.3 Å². The first-order chi connectivity index (χ1) is 9.74. The van der Waals surface area contributed by atoms with Crippen molar-refractivity contribution in [3.63, 3.8) is 0 Å². The molecule has 10 heteroatoms. The van der Waals surface area contributed by atoms with Crippen LogP contribution in [0.15, 0.2) is 17.4 Å². The second-order valence-corrected chi connectivity index (χ2v) is 5.13. The Bertz CT molecular complexity index is 533. The van der Waals surface area contributed by atoms with E-state index in [0.717, 1.165) is 0 Å². The zero-order chi connectivity index (χ0) is 15.7. The summed E-state index contributed by atoms with van der Waals surface area (Å²) >= 11 is 0. The molecule has 0 bridgehead atoms. The van der Waals surface area contributed by atoms with Gasteiger partial charge in [-0.2, -0.15) is 13.2 Å². The minimum Gasteiger partial charge on any atom is -0.374 e. The number of aromatic nitrogens is 2. The van der Waals surface area contributed by atoms with Gasteiger partial charge in [0.05, 0.1) is 6.54 Å². The third-order valence-corrected chi connectivity index (χ3v) is 3.35. The van der Waals surface area contributed by atoms with E-state index < -0.39 is 24.0 Å². The number of nitrogens with zero attached hydrogens (tertiary/aromatic N) is 3. The van der Waals surface area contributed by atoms with Gasteiger partial charge in [-0.3, -0.25) is 4.99 Å². The molecule has 1 aromatic rings. The number of aliphatic imine (C=N–C) groups is 1. The normalized spacial score (nSPS) is 20.6. The quantitative estimate of drug-likeness (QED) is 0.623. The van der Waals surface area contributed by atoms with Crippen LogP contribution < -0.4 is 10.6 Å². The molecule has 2 atom stereocenters. The highest BCUT2D eigenvalue weighted by atomic mass is 127. The highest BCUT2D eigenvalue weighted by molar-refractivity contribution is 14.0. The number of hydrogen-bond donors (Lipinski definition) is 3. The minimum absolute atomic E-state index is 0. The van der Waals surface area contributed by atoms with Crippen molar-refractivity contribution in [2.75, 3.05) is 13.1 Å². The predicted octanol–water partition coefficient (Wildman–Crippen LogP) is 1.12. The molecule has 0 saturated heterocycles. The molecule has 0 amide bonds. The number of halogens is 4. The van der Waals surface area contributed by atoms with Crippen LogP contribution in [0.3, 0.4) is 0 Å². The average Bonchev–Trinajstić information content (AvgIpc) is 2.97. The lowest BCUT2D eigenvalue weighted by Crippen LogP contribution is -2.47. The minimum atomic E-state index is -4.81. The van der Waals surface area contributed by atoms with Gasteiger partial charge in [0.2, 0.25) is 5.60 Å². The van der Waals surface area contributed by atoms with Crippen molar-refractivity contribution in [3.8, 4) is 0 Å². The first-order valence-electron chi connectivity index (χ1n) is 6.56. The topological polar surface area (TPSA) is 74.5 Å². The van der Waals surface area contributed by atoms with Gasteiger partial charge in [0.25, 0.3) is 0 Å². The maximum atomic E-state index is 13.2. The molecule has 0 spiro atoms. The molecular weight excluding hydrogens is 414 g/mol. The fraction of sp³-hybridized carbons (Fsp3) is 0.667. The van der Waals surface area contributed by atoms with Crippen molar-refractivity contribution in [1.29, 1.82) is 0 Å². The Balaban J connectivity index is 0.00000242. The first-order valence-corrected chi connectivity index (χ1v) is 6.56. The lowest BCUT2D eigenvalue weighted by Gasteiger charge is -2.30. The summed E-state index contributed by atoms with van der Waals surface area (Å²) in [4.78, 5) is 7.73. The number of nitrogens with one attached hydrogen (secondary N) is 2. The lowest BCUT2D eigenvalue weighted by atomic mass is 9.97.